The van der Waals surface area contributed by atoms with E-state index in [-0.39, 0.29) is 11.5 Å². The van der Waals surface area contributed by atoms with Crippen molar-refractivity contribution in [2.75, 3.05) is 37.0 Å². The first kappa shape index (κ1) is 13.7. The first-order valence-electron chi connectivity index (χ1n) is 6.42. The minimum atomic E-state index is -2.84. The van der Waals surface area contributed by atoms with Gasteiger partial charge < -0.3 is 5.32 Å². The van der Waals surface area contributed by atoms with Gasteiger partial charge >= 0.3 is 0 Å². The molecule has 0 atom stereocenters. The van der Waals surface area contributed by atoms with Crippen molar-refractivity contribution in [2.24, 2.45) is 0 Å². The Morgan fingerprint density at radius 2 is 2.10 bits per heavy atom. The third-order valence-electron chi connectivity index (χ3n) is 3.41. The lowest BCUT2D eigenvalue weighted by molar-refractivity contribution is 0.281. The summed E-state index contributed by atoms with van der Waals surface area (Å²) >= 11 is 1.59. The molecule has 0 bridgehead atoms. The standard InChI is InChI=1S/C12H16N4O2S2/c1-13-11-9-2-5-19-12(9)15-10(14-11)8-16-3-6-20(17,18)7-4-16/h2,5H,3-4,6-8H2,1H3,(H,13,14,15). The van der Waals surface area contributed by atoms with Gasteiger partial charge in [0.2, 0.25) is 0 Å². The zero-order chi connectivity index (χ0) is 14.2. The number of nitrogens with zero attached hydrogens (tertiary/aromatic N) is 3. The molecule has 0 radical (unpaired) electrons. The molecule has 1 fully saturated rings. The van der Waals surface area contributed by atoms with Crippen molar-refractivity contribution in [3.63, 3.8) is 0 Å². The lowest BCUT2D eigenvalue weighted by Gasteiger charge is -2.25. The van der Waals surface area contributed by atoms with Crippen LogP contribution in [0.3, 0.4) is 0 Å². The van der Waals surface area contributed by atoms with Crippen LogP contribution < -0.4 is 5.32 Å². The van der Waals surface area contributed by atoms with Gasteiger partial charge in [-0.15, -0.1) is 11.3 Å². The minimum Gasteiger partial charge on any atom is -0.372 e. The molecule has 3 rings (SSSR count). The van der Waals surface area contributed by atoms with Crippen LogP contribution in [0.5, 0.6) is 0 Å². The van der Waals surface area contributed by atoms with Crippen LogP contribution in [0, 0.1) is 0 Å². The number of hydrogen-bond donors (Lipinski definition) is 1. The van der Waals surface area contributed by atoms with E-state index in [1.165, 1.54) is 0 Å². The minimum absolute atomic E-state index is 0.229. The summed E-state index contributed by atoms with van der Waals surface area (Å²) in [7, 11) is -0.995. The maximum absolute atomic E-state index is 11.4. The van der Waals surface area contributed by atoms with Crippen molar-refractivity contribution >= 4 is 37.2 Å². The maximum atomic E-state index is 11.4. The number of fused-ring (bicyclic) bond motifs is 1. The fourth-order valence-corrected chi connectivity index (χ4v) is 4.33. The zero-order valence-electron chi connectivity index (χ0n) is 11.2. The predicted molar refractivity (Wildman–Crippen MR) is 80.9 cm³/mol. The number of hydrogen-bond acceptors (Lipinski definition) is 7. The summed E-state index contributed by atoms with van der Waals surface area (Å²) in [5, 5.41) is 6.12. The second kappa shape index (κ2) is 5.27. The SMILES string of the molecule is CNc1nc(CN2CCS(=O)(=O)CC2)nc2sccc12. The van der Waals surface area contributed by atoms with Crippen molar-refractivity contribution in [3.05, 3.63) is 17.3 Å². The molecule has 0 aromatic carbocycles. The number of thiophene rings is 1. The highest BCUT2D eigenvalue weighted by molar-refractivity contribution is 7.91. The summed E-state index contributed by atoms with van der Waals surface area (Å²) in [5.41, 5.74) is 0. The molecule has 3 heterocycles. The number of sulfone groups is 1. The Balaban J connectivity index is 1.81. The molecule has 0 saturated carbocycles. The molecule has 20 heavy (non-hydrogen) atoms. The topological polar surface area (TPSA) is 75.2 Å². The van der Waals surface area contributed by atoms with Crippen LogP contribution in [0.2, 0.25) is 0 Å². The van der Waals surface area contributed by atoms with E-state index in [1.54, 1.807) is 11.3 Å². The first-order chi connectivity index (χ1) is 9.57. The largest absolute Gasteiger partial charge is 0.372 e. The number of nitrogens with one attached hydrogen (secondary N) is 1. The molecule has 8 heteroatoms. The molecular formula is C12H16N4O2S2. The Morgan fingerprint density at radius 1 is 1.35 bits per heavy atom. The Morgan fingerprint density at radius 3 is 2.80 bits per heavy atom. The molecule has 0 unspecified atom stereocenters. The third kappa shape index (κ3) is 2.77. The number of anilines is 1. The van der Waals surface area contributed by atoms with E-state index in [0.29, 0.717) is 19.6 Å². The summed E-state index contributed by atoms with van der Waals surface area (Å²) in [5.74, 6) is 2.03. The highest BCUT2D eigenvalue weighted by atomic mass is 32.2. The van der Waals surface area contributed by atoms with Gasteiger partial charge in [0, 0.05) is 20.1 Å². The van der Waals surface area contributed by atoms with Gasteiger partial charge in [0.1, 0.15) is 16.5 Å². The second-order valence-corrected chi connectivity index (χ2v) is 8.00. The van der Waals surface area contributed by atoms with Gasteiger partial charge in [-0.05, 0) is 11.4 Å². The van der Waals surface area contributed by atoms with Crippen molar-refractivity contribution in [1.29, 1.82) is 0 Å². The normalized spacial score (nSPS) is 19.2. The Bertz CT molecular complexity index is 712. The van der Waals surface area contributed by atoms with Crippen LogP contribution >= 0.6 is 11.3 Å². The number of rotatable bonds is 3. The quantitative estimate of drug-likeness (QED) is 0.910. The molecule has 6 nitrogen and oxygen atoms in total. The van der Waals surface area contributed by atoms with Crippen molar-refractivity contribution < 1.29 is 8.42 Å². The molecule has 0 spiro atoms. The van der Waals surface area contributed by atoms with Crippen LogP contribution in [-0.2, 0) is 16.4 Å². The number of aromatic nitrogens is 2. The monoisotopic (exact) mass is 312 g/mol. The van der Waals surface area contributed by atoms with Crippen LogP contribution in [0.25, 0.3) is 10.2 Å². The highest BCUT2D eigenvalue weighted by Gasteiger charge is 2.22. The highest BCUT2D eigenvalue weighted by Crippen LogP contribution is 2.25. The van der Waals surface area contributed by atoms with E-state index < -0.39 is 9.84 Å². The molecule has 0 aliphatic carbocycles. The zero-order valence-corrected chi connectivity index (χ0v) is 12.8. The average molecular weight is 312 g/mol. The molecule has 2 aromatic rings. The van der Waals surface area contributed by atoms with Gasteiger partial charge in [0.15, 0.2) is 9.84 Å². The molecule has 2 aromatic heterocycles. The summed E-state index contributed by atoms with van der Waals surface area (Å²) in [4.78, 5) is 12.1. The van der Waals surface area contributed by atoms with Gasteiger partial charge in [0.25, 0.3) is 0 Å². The molecule has 1 aliphatic heterocycles. The summed E-state index contributed by atoms with van der Waals surface area (Å²) in [6, 6.07) is 2.00. The second-order valence-electron chi connectivity index (χ2n) is 4.81. The van der Waals surface area contributed by atoms with Crippen LogP contribution in [0.15, 0.2) is 11.4 Å². The predicted octanol–water partition coefficient (Wildman–Crippen LogP) is 0.963. The lowest BCUT2D eigenvalue weighted by atomic mass is 10.3. The molecule has 1 aliphatic rings. The van der Waals surface area contributed by atoms with Gasteiger partial charge in [-0.3, -0.25) is 4.90 Å². The summed E-state index contributed by atoms with van der Waals surface area (Å²) < 4.78 is 22.8. The van der Waals surface area contributed by atoms with Crippen LogP contribution in [-0.4, -0.2) is 54.9 Å². The fourth-order valence-electron chi connectivity index (χ4n) is 2.27. The van der Waals surface area contributed by atoms with Gasteiger partial charge in [-0.25, -0.2) is 18.4 Å². The first-order valence-corrected chi connectivity index (χ1v) is 9.12. The van der Waals surface area contributed by atoms with Crippen molar-refractivity contribution in [1.82, 2.24) is 14.9 Å². The smallest absolute Gasteiger partial charge is 0.152 e. The molecule has 1 N–H and O–H groups in total. The van der Waals surface area contributed by atoms with Crippen molar-refractivity contribution in [3.8, 4) is 0 Å². The van der Waals surface area contributed by atoms with E-state index >= 15 is 0 Å². The fraction of sp³-hybridized carbons (Fsp3) is 0.500. The molecule has 108 valence electrons. The third-order valence-corrected chi connectivity index (χ3v) is 5.83. The molecular weight excluding hydrogens is 296 g/mol. The Hall–Kier alpha value is -1.25. The lowest BCUT2D eigenvalue weighted by Crippen LogP contribution is -2.40. The Labute approximate surface area is 121 Å². The van der Waals surface area contributed by atoms with Gasteiger partial charge in [-0.1, -0.05) is 0 Å². The van der Waals surface area contributed by atoms with E-state index in [2.05, 4.69) is 20.2 Å². The van der Waals surface area contributed by atoms with E-state index in [4.69, 9.17) is 0 Å². The maximum Gasteiger partial charge on any atom is 0.152 e. The van der Waals surface area contributed by atoms with Crippen LogP contribution in [0.4, 0.5) is 5.82 Å². The summed E-state index contributed by atoms with van der Waals surface area (Å²) in [6.07, 6.45) is 0. The van der Waals surface area contributed by atoms with Crippen LogP contribution in [0.1, 0.15) is 5.82 Å². The molecule has 1 saturated heterocycles. The van der Waals surface area contributed by atoms with E-state index in [0.717, 1.165) is 21.9 Å². The van der Waals surface area contributed by atoms with E-state index in [9.17, 15) is 8.42 Å². The van der Waals surface area contributed by atoms with Gasteiger partial charge in [0.05, 0.1) is 23.4 Å². The van der Waals surface area contributed by atoms with Crippen molar-refractivity contribution in [2.45, 2.75) is 6.54 Å². The van der Waals surface area contributed by atoms with E-state index in [1.807, 2.05) is 18.5 Å². The molecule has 0 amide bonds. The van der Waals surface area contributed by atoms with Gasteiger partial charge in [-0.2, -0.15) is 0 Å². The average Bonchev–Trinajstić information content (AvgIpc) is 2.88. The summed E-state index contributed by atoms with van der Waals surface area (Å²) in [6.45, 7) is 1.71. The Kier molecular flexibility index (Phi) is 3.61.